The van der Waals surface area contributed by atoms with Crippen molar-refractivity contribution < 1.29 is 9.59 Å². The van der Waals surface area contributed by atoms with Crippen LogP contribution in [0.1, 0.15) is 194 Å². The SMILES string of the molecule is CCCCCCCC/C=C\CCCCCCCC(=O)N(CCN)CCN(CCN)C(=O)CCCCCCC/C=C\CCCCCCCC. The molecular formula is C42H82N4O2. The summed E-state index contributed by atoms with van der Waals surface area (Å²) in [6.45, 7) is 7.59. The number of unbranched alkanes of at least 4 members (excludes halogenated alkanes) is 22. The maximum absolute atomic E-state index is 13.0. The van der Waals surface area contributed by atoms with Gasteiger partial charge in [0, 0.05) is 52.1 Å². The van der Waals surface area contributed by atoms with E-state index in [1.54, 1.807) is 0 Å². The van der Waals surface area contributed by atoms with Gasteiger partial charge < -0.3 is 21.3 Å². The summed E-state index contributed by atoms with van der Waals surface area (Å²) in [5.41, 5.74) is 11.7. The smallest absolute Gasteiger partial charge is 0.222 e. The molecule has 0 aliphatic carbocycles. The van der Waals surface area contributed by atoms with E-state index in [0.29, 0.717) is 52.1 Å². The van der Waals surface area contributed by atoms with Crippen LogP contribution in [0.25, 0.3) is 0 Å². The average Bonchev–Trinajstić information content (AvgIpc) is 3.09. The van der Waals surface area contributed by atoms with Crippen molar-refractivity contribution in [1.29, 1.82) is 0 Å². The lowest BCUT2D eigenvalue weighted by Crippen LogP contribution is -2.44. The molecule has 0 aromatic rings. The standard InChI is InChI=1S/C42H82N4O2/c1-3-5-7-9-11-13-15-17-19-21-23-25-27-29-31-33-41(47)45(37-35-43)39-40-46(38-36-44)42(48)34-32-30-28-26-24-22-20-18-16-14-12-10-8-6-4-2/h17-20H,3-16,21-40,43-44H2,1-2H3/b19-17-,20-18-. The zero-order valence-electron chi connectivity index (χ0n) is 32.2. The highest BCUT2D eigenvalue weighted by Gasteiger charge is 2.17. The molecule has 6 heteroatoms. The van der Waals surface area contributed by atoms with Gasteiger partial charge in [-0.25, -0.2) is 0 Å². The third-order valence-electron chi connectivity index (χ3n) is 9.45. The van der Waals surface area contributed by atoms with Crippen molar-refractivity contribution in [3.05, 3.63) is 24.3 Å². The van der Waals surface area contributed by atoms with Crippen LogP contribution in [0.3, 0.4) is 0 Å². The largest absolute Gasteiger partial charge is 0.340 e. The van der Waals surface area contributed by atoms with Crippen molar-refractivity contribution >= 4 is 11.8 Å². The lowest BCUT2D eigenvalue weighted by molar-refractivity contribution is -0.135. The van der Waals surface area contributed by atoms with Crippen LogP contribution in [0.5, 0.6) is 0 Å². The van der Waals surface area contributed by atoms with E-state index in [1.807, 2.05) is 9.80 Å². The third-order valence-corrected chi connectivity index (χ3v) is 9.45. The Morgan fingerprint density at radius 2 is 0.667 bits per heavy atom. The first-order valence-corrected chi connectivity index (χ1v) is 20.9. The first kappa shape index (κ1) is 46.3. The minimum absolute atomic E-state index is 0.162. The Balaban J connectivity index is 4.03. The molecule has 282 valence electrons. The highest BCUT2D eigenvalue weighted by Crippen LogP contribution is 2.13. The Bertz CT molecular complexity index is 692. The molecule has 0 spiro atoms. The average molecular weight is 675 g/mol. The number of hydrogen-bond acceptors (Lipinski definition) is 4. The van der Waals surface area contributed by atoms with Crippen LogP contribution in [-0.2, 0) is 9.59 Å². The fraction of sp³-hybridized carbons (Fsp3) is 0.857. The first-order chi connectivity index (χ1) is 23.6. The van der Waals surface area contributed by atoms with E-state index >= 15 is 0 Å². The van der Waals surface area contributed by atoms with E-state index < -0.39 is 0 Å². The van der Waals surface area contributed by atoms with E-state index in [4.69, 9.17) is 11.5 Å². The lowest BCUT2D eigenvalue weighted by Gasteiger charge is -2.28. The van der Waals surface area contributed by atoms with Crippen LogP contribution in [0, 0.1) is 0 Å². The summed E-state index contributed by atoms with van der Waals surface area (Å²) in [7, 11) is 0. The van der Waals surface area contributed by atoms with Gasteiger partial charge >= 0.3 is 0 Å². The number of amides is 2. The number of carbonyl (C=O) groups is 2. The molecule has 0 aromatic carbocycles. The second-order valence-corrected chi connectivity index (χ2v) is 14.0. The molecular weight excluding hydrogens is 592 g/mol. The fourth-order valence-corrected chi connectivity index (χ4v) is 6.29. The molecule has 4 N–H and O–H groups in total. The second-order valence-electron chi connectivity index (χ2n) is 14.0. The van der Waals surface area contributed by atoms with Gasteiger partial charge in [0.2, 0.25) is 11.8 Å². The highest BCUT2D eigenvalue weighted by molar-refractivity contribution is 5.77. The van der Waals surface area contributed by atoms with E-state index in [1.165, 1.54) is 141 Å². The number of allylic oxidation sites excluding steroid dienone is 4. The van der Waals surface area contributed by atoms with Crippen molar-refractivity contribution in [3.63, 3.8) is 0 Å². The molecule has 48 heavy (non-hydrogen) atoms. The summed E-state index contributed by atoms with van der Waals surface area (Å²) in [4.78, 5) is 29.6. The zero-order valence-corrected chi connectivity index (χ0v) is 32.2. The number of nitrogens with zero attached hydrogens (tertiary/aromatic N) is 2. The summed E-state index contributed by atoms with van der Waals surface area (Å²) in [5, 5.41) is 0. The topological polar surface area (TPSA) is 92.7 Å². The van der Waals surface area contributed by atoms with Crippen LogP contribution in [0.2, 0.25) is 0 Å². The van der Waals surface area contributed by atoms with Crippen molar-refractivity contribution in [1.82, 2.24) is 9.80 Å². The Morgan fingerprint density at radius 1 is 0.396 bits per heavy atom. The molecule has 0 saturated heterocycles. The van der Waals surface area contributed by atoms with Crippen LogP contribution in [-0.4, -0.2) is 60.9 Å². The van der Waals surface area contributed by atoms with Crippen molar-refractivity contribution in [2.75, 3.05) is 39.3 Å². The number of nitrogens with two attached hydrogens (primary N) is 2. The van der Waals surface area contributed by atoms with E-state index in [0.717, 1.165) is 25.7 Å². The van der Waals surface area contributed by atoms with Gasteiger partial charge in [-0.15, -0.1) is 0 Å². The quantitative estimate of drug-likeness (QED) is 0.0507. The third kappa shape index (κ3) is 31.6. The Hall–Kier alpha value is -1.66. The zero-order chi connectivity index (χ0) is 35.2. The second kappa shape index (κ2) is 38.1. The number of rotatable bonds is 37. The summed E-state index contributed by atoms with van der Waals surface area (Å²) < 4.78 is 0. The van der Waals surface area contributed by atoms with E-state index in [2.05, 4.69) is 38.2 Å². The minimum Gasteiger partial charge on any atom is -0.340 e. The summed E-state index contributed by atoms with van der Waals surface area (Å²) in [5.74, 6) is 0.325. The predicted molar refractivity (Wildman–Crippen MR) is 210 cm³/mol. The van der Waals surface area contributed by atoms with Crippen molar-refractivity contribution in [3.8, 4) is 0 Å². The van der Waals surface area contributed by atoms with Gasteiger partial charge in [0.25, 0.3) is 0 Å². The molecule has 0 atom stereocenters. The van der Waals surface area contributed by atoms with Crippen LogP contribution < -0.4 is 11.5 Å². The maximum atomic E-state index is 13.0. The van der Waals surface area contributed by atoms with Gasteiger partial charge in [-0.2, -0.15) is 0 Å². The molecule has 0 fully saturated rings. The summed E-state index contributed by atoms with van der Waals surface area (Å²) in [6.07, 6.45) is 43.1. The van der Waals surface area contributed by atoms with Crippen LogP contribution >= 0.6 is 0 Å². The Labute approximate surface area is 299 Å². The summed E-state index contributed by atoms with van der Waals surface area (Å²) >= 11 is 0. The molecule has 0 heterocycles. The van der Waals surface area contributed by atoms with E-state index in [-0.39, 0.29) is 11.8 Å². The molecule has 0 saturated carbocycles. The van der Waals surface area contributed by atoms with Crippen LogP contribution in [0.15, 0.2) is 24.3 Å². The number of carbonyl (C=O) groups excluding carboxylic acids is 2. The fourth-order valence-electron chi connectivity index (χ4n) is 6.29. The van der Waals surface area contributed by atoms with Gasteiger partial charge in [-0.3, -0.25) is 9.59 Å². The highest BCUT2D eigenvalue weighted by atomic mass is 16.2. The molecule has 0 unspecified atom stereocenters. The Kier molecular flexibility index (Phi) is 36.8. The Morgan fingerprint density at radius 3 is 0.958 bits per heavy atom. The van der Waals surface area contributed by atoms with Gasteiger partial charge in [0.1, 0.15) is 0 Å². The molecule has 0 aliphatic rings. The molecule has 0 radical (unpaired) electrons. The van der Waals surface area contributed by atoms with Gasteiger partial charge in [-0.1, -0.05) is 141 Å². The first-order valence-electron chi connectivity index (χ1n) is 20.9. The van der Waals surface area contributed by atoms with Crippen molar-refractivity contribution in [2.45, 2.75) is 194 Å². The van der Waals surface area contributed by atoms with Gasteiger partial charge in [0.15, 0.2) is 0 Å². The van der Waals surface area contributed by atoms with E-state index in [9.17, 15) is 9.59 Å². The van der Waals surface area contributed by atoms with Crippen LogP contribution in [0.4, 0.5) is 0 Å². The summed E-state index contributed by atoms with van der Waals surface area (Å²) in [6, 6.07) is 0. The molecule has 0 rings (SSSR count). The molecule has 2 amide bonds. The van der Waals surface area contributed by atoms with Gasteiger partial charge in [-0.05, 0) is 64.2 Å². The minimum atomic E-state index is 0.162. The predicted octanol–water partition coefficient (Wildman–Crippen LogP) is 10.6. The molecule has 0 aromatic heterocycles. The molecule has 6 nitrogen and oxygen atoms in total. The normalized spacial score (nSPS) is 11.7. The number of hydrogen-bond donors (Lipinski definition) is 2. The lowest BCUT2D eigenvalue weighted by atomic mass is 10.1. The van der Waals surface area contributed by atoms with Gasteiger partial charge in [0.05, 0.1) is 0 Å². The monoisotopic (exact) mass is 675 g/mol. The van der Waals surface area contributed by atoms with Crippen molar-refractivity contribution in [2.24, 2.45) is 11.5 Å². The maximum Gasteiger partial charge on any atom is 0.222 e. The molecule has 0 aliphatic heterocycles. The molecule has 0 bridgehead atoms.